The number of methoxy groups -OCH3 is 1. The minimum absolute atomic E-state index is 0.202. The average molecular weight is 243 g/mol. The fourth-order valence-electron chi connectivity index (χ4n) is 1.23. The molecule has 1 N–H and O–H groups in total. The molecule has 0 bridgehead atoms. The van der Waals surface area contributed by atoms with E-state index in [-0.39, 0.29) is 5.92 Å². The standard InChI is InChI=1S/C11H17NO3S/c1-7(5-15-4)9-12-8(6-16-9)11(2,3)10(13)14/h6-7H,5H2,1-4H3,(H,13,14). The summed E-state index contributed by atoms with van der Waals surface area (Å²) in [6.07, 6.45) is 0. The van der Waals surface area contributed by atoms with Gasteiger partial charge in [-0.15, -0.1) is 11.3 Å². The van der Waals surface area contributed by atoms with Crippen LogP contribution in [0.1, 0.15) is 37.4 Å². The maximum Gasteiger partial charge on any atom is 0.315 e. The van der Waals surface area contributed by atoms with Crippen LogP contribution in [0.4, 0.5) is 0 Å². The highest BCUT2D eigenvalue weighted by Crippen LogP contribution is 2.28. The van der Waals surface area contributed by atoms with Crippen molar-refractivity contribution in [1.29, 1.82) is 0 Å². The van der Waals surface area contributed by atoms with Crippen molar-refractivity contribution in [2.75, 3.05) is 13.7 Å². The molecule has 1 atom stereocenters. The van der Waals surface area contributed by atoms with Gasteiger partial charge in [-0.2, -0.15) is 0 Å². The zero-order chi connectivity index (χ0) is 12.3. The molecule has 0 aliphatic rings. The van der Waals surface area contributed by atoms with E-state index in [0.29, 0.717) is 12.3 Å². The van der Waals surface area contributed by atoms with E-state index in [9.17, 15) is 4.79 Å². The van der Waals surface area contributed by atoms with Crippen LogP contribution in [0, 0.1) is 0 Å². The lowest BCUT2D eigenvalue weighted by atomic mass is 9.90. The van der Waals surface area contributed by atoms with E-state index < -0.39 is 11.4 Å². The first kappa shape index (κ1) is 13.1. The molecule has 0 saturated carbocycles. The van der Waals surface area contributed by atoms with Crippen LogP contribution < -0.4 is 0 Å². The van der Waals surface area contributed by atoms with E-state index in [4.69, 9.17) is 9.84 Å². The first-order valence-electron chi connectivity index (χ1n) is 5.07. The number of carboxylic acids is 1. The number of nitrogens with zero attached hydrogens (tertiary/aromatic N) is 1. The Kier molecular flexibility index (Phi) is 4.04. The monoisotopic (exact) mass is 243 g/mol. The van der Waals surface area contributed by atoms with Crippen LogP contribution in [0.25, 0.3) is 0 Å². The highest BCUT2D eigenvalue weighted by molar-refractivity contribution is 7.09. The molecule has 5 heteroatoms. The van der Waals surface area contributed by atoms with Crippen molar-refractivity contribution < 1.29 is 14.6 Å². The predicted octanol–water partition coefficient (Wildman–Crippen LogP) is 2.26. The summed E-state index contributed by atoms with van der Waals surface area (Å²) in [5, 5.41) is 11.8. The highest BCUT2D eigenvalue weighted by atomic mass is 32.1. The molecule has 1 unspecified atom stereocenters. The lowest BCUT2D eigenvalue weighted by Crippen LogP contribution is -2.28. The average Bonchev–Trinajstić information content (AvgIpc) is 2.67. The third-order valence-electron chi connectivity index (χ3n) is 2.54. The molecule has 4 nitrogen and oxygen atoms in total. The summed E-state index contributed by atoms with van der Waals surface area (Å²) in [6, 6.07) is 0. The number of ether oxygens (including phenoxy) is 1. The van der Waals surface area contributed by atoms with E-state index in [0.717, 1.165) is 5.01 Å². The Hall–Kier alpha value is -0.940. The van der Waals surface area contributed by atoms with Crippen LogP contribution in [0.15, 0.2) is 5.38 Å². The van der Waals surface area contributed by atoms with Crippen molar-refractivity contribution >= 4 is 17.3 Å². The highest BCUT2D eigenvalue weighted by Gasteiger charge is 2.32. The summed E-state index contributed by atoms with van der Waals surface area (Å²) in [5.74, 6) is -0.655. The first-order chi connectivity index (χ1) is 7.39. The fraction of sp³-hybridized carbons (Fsp3) is 0.636. The molecule has 0 saturated heterocycles. The first-order valence-corrected chi connectivity index (χ1v) is 5.95. The Balaban J connectivity index is 2.90. The third-order valence-corrected chi connectivity index (χ3v) is 3.61. The Morgan fingerprint density at radius 3 is 2.81 bits per heavy atom. The van der Waals surface area contributed by atoms with E-state index in [1.807, 2.05) is 12.3 Å². The number of carboxylic acid groups (broad SMARTS) is 1. The van der Waals surface area contributed by atoms with Gasteiger partial charge in [0, 0.05) is 18.4 Å². The van der Waals surface area contributed by atoms with E-state index in [2.05, 4.69) is 4.98 Å². The number of hydrogen-bond donors (Lipinski definition) is 1. The smallest absolute Gasteiger partial charge is 0.315 e. The van der Waals surface area contributed by atoms with Crippen LogP contribution in [0.5, 0.6) is 0 Å². The lowest BCUT2D eigenvalue weighted by molar-refractivity contribution is -0.142. The number of carbonyl (C=O) groups is 1. The molecule has 90 valence electrons. The second-order valence-corrected chi connectivity index (χ2v) is 5.25. The summed E-state index contributed by atoms with van der Waals surface area (Å²) in [4.78, 5) is 15.4. The SMILES string of the molecule is COCC(C)c1nc(C(C)(C)C(=O)O)cs1. The normalized spacial score (nSPS) is 13.8. The largest absolute Gasteiger partial charge is 0.481 e. The topological polar surface area (TPSA) is 59.4 Å². The fourth-order valence-corrected chi connectivity index (χ4v) is 2.26. The molecule has 0 spiro atoms. The molecule has 1 aromatic heterocycles. The van der Waals surface area contributed by atoms with Gasteiger partial charge in [-0.3, -0.25) is 4.79 Å². The lowest BCUT2D eigenvalue weighted by Gasteiger charge is -2.16. The van der Waals surface area contributed by atoms with Gasteiger partial charge in [0.1, 0.15) is 5.41 Å². The summed E-state index contributed by atoms with van der Waals surface area (Å²) < 4.78 is 5.05. The minimum atomic E-state index is -0.929. The van der Waals surface area contributed by atoms with Crippen molar-refractivity contribution in [2.24, 2.45) is 0 Å². The summed E-state index contributed by atoms with van der Waals surface area (Å²) >= 11 is 1.49. The number of aromatic nitrogens is 1. The van der Waals surface area contributed by atoms with Crippen LogP contribution in [-0.2, 0) is 14.9 Å². The molecular formula is C11H17NO3S. The molecule has 1 aromatic rings. The number of thiazole rings is 1. The zero-order valence-electron chi connectivity index (χ0n) is 9.98. The summed E-state index contributed by atoms with van der Waals surface area (Å²) in [7, 11) is 1.65. The molecule has 0 aliphatic carbocycles. The van der Waals surface area contributed by atoms with Crippen molar-refractivity contribution in [3.63, 3.8) is 0 Å². The van der Waals surface area contributed by atoms with Crippen LogP contribution >= 0.6 is 11.3 Å². The van der Waals surface area contributed by atoms with Gasteiger partial charge in [0.2, 0.25) is 0 Å². The van der Waals surface area contributed by atoms with Gasteiger partial charge < -0.3 is 9.84 Å². The quantitative estimate of drug-likeness (QED) is 0.861. The van der Waals surface area contributed by atoms with Crippen LogP contribution in [0.2, 0.25) is 0 Å². The Morgan fingerprint density at radius 1 is 1.69 bits per heavy atom. The van der Waals surface area contributed by atoms with Crippen molar-refractivity contribution in [3.05, 3.63) is 16.1 Å². The van der Waals surface area contributed by atoms with Gasteiger partial charge in [-0.25, -0.2) is 4.98 Å². The Labute approximate surface area is 99.3 Å². The minimum Gasteiger partial charge on any atom is -0.481 e. The second kappa shape index (κ2) is 4.93. The van der Waals surface area contributed by atoms with Crippen LogP contribution in [-0.4, -0.2) is 29.8 Å². The van der Waals surface area contributed by atoms with Crippen molar-refractivity contribution in [2.45, 2.75) is 32.1 Å². The summed E-state index contributed by atoms with van der Waals surface area (Å²) in [5.41, 5.74) is -0.315. The molecule has 0 aliphatic heterocycles. The van der Waals surface area contributed by atoms with Gasteiger partial charge in [0.25, 0.3) is 0 Å². The number of hydrogen-bond acceptors (Lipinski definition) is 4. The maximum absolute atomic E-state index is 11.1. The zero-order valence-corrected chi connectivity index (χ0v) is 10.8. The van der Waals surface area contributed by atoms with Gasteiger partial charge in [-0.1, -0.05) is 6.92 Å². The molecule has 16 heavy (non-hydrogen) atoms. The molecule has 1 rings (SSSR count). The Bertz CT molecular complexity index is 373. The predicted molar refractivity (Wildman–Crippen MR) is 63.1 cm³/mol. The third kappa shape index (κ3) is 2.59. The summed E-state index contributed by atoms with van der Waals surface area (Å²) in [6.45, 7) is 5.94. The van der Waals surface area contributed by atoms with Gasteiger partial charge >= 0.3 is 5.97 Å². The van der Waals surface area contributed by atoms with E-state index >= 15 is 0 Å². The van der Waals surface area contributed by atoms with Crippen molar-refractivity contribution in [3.8, 4) is 0 Å². The molecule has 0 radical (unpaired) electrons. The molecule has 1 heterocycles. The van der Waals surface area contributed by atoms with E-state index in [1.54, 1.807) is 21.0 Å². The number of rotatable bonds is 5. The maximum atomic E-state index is 11.1. The molecule has 0 amide bonds. The van der Waals surface area contributed by atoms with E-state index in [1.165, 1.54) is 11.3 Å². The number of aliphatic carboxylic acids is 1. The van der Waals surface area contributed by atoms with Crippen molar-refractivity contribution in [1.82, 2.24) is 4.98 Å². The second-order valence-electron chi connectivity index (χ2n) is 4.36. The van der Waals surface area contributed by atoms with Gasteiger partial charge in [-0.05, 0) is 13.8 Å². The van der Waals surface area contributed by atoms with Crippen LogP contribution in [0.3, 0.4) is 0 Å². The Morgan fingerprint density at radius 2 is 2.31 bits per heavy atom. The molecular weight excluding hydrogens is 226 g/mol. The van der Waals surface area contributed by atoms with Gasteiger partial charge in [0.15, 0.2) is 0 Å². The van der Waals surface area contributed by atoms with Gasteiger partial charge in [0.05, 0.1) is 17.3 Å². The molecule has 0 aromatic carbocycles. The molecule has 0 fully saturated rings.